The van der Waals surface area contributed by atoms with Gasteiger partial charge < -0.3 is 34.4 Å². The molecule has 0 saturated carbocycles. The van der Waals surface area contributed by atoms with E-state index in [1.807, 2.05) is 84.9 Å². The van der Waals surface area contributed by atoms with Gasteiger partial charge in [0.25, 0.3) is 5.56 Å². The highest BCUT2D eigenvalue weighted by Crippen LogP contribution is 2.45. The van der Waals surface area contributed by atoms with Crippen LogP contribution in [0.2, 0.25) is 18.1 Å². The van der Waals surface area contributed by atoms with Gasteiger partial charge >= 0.3 is 0 Å². The number of H-pyrrole nitrogens is 1. The molecule has 0 spiro atoms. The van der Waals surface area contributed by atoms with Crippen LogP contribution < -0.4 is 26.1 Å². The van der Waals surface area contributed by atoms with Crippen molar-refractivity contribution in [3.05, 3.63) is 148 Å². The summed E-state index contributed by atoms with van der Waals surface area (Å²) in [6.45, 7) is 11.8. The third kappa shape index (κ3) is 7.98. The van der Waals surface area contributed by atoms with Crippen molar-refractivity contribution in [3.63, 3.8) is 0 Å². The molecule has 0 bridgehead atoms. The minimum atomic E-state index is -2.46. The molecule has 57 heavy (non-hydrogen) atoms. The van der Waals surface area contributed by atoms with Crippen LogP contribution in [0.5, 0.6) is 11.5 Å². The minimum absolute atomic E-state index is 0.0145. The number of benzene rings is 4. The Hall–Kier alpha value is -5.31. The van der Waals surface area contributed by atoms with Crippen molar-refractivity contribution >= 4 is 25.4 Å². The summed E-state index contributed by atoms with van der Waals surface area (Å²) in [6.07, 6.45) is -0.270. The fourth-order valence-corrected chi connectivity index (χ4v) is 8.53. The van der Waals surface area contributed by atoms with Crippen molar-refractivity contribution in [3.8, 4) is 11.5 Å². The normalized spacial score (nSPS) is 18.9. The van der Waals surface area contributed by atoms with E-state index >= 15 is 0 Å². The standard InChI is InChI=1S/C44H52N6O6Si/c1-43(2,3)57(6,7)56-38-36(46-26-29-14-10-8-11-15-29)35(55-41(38)50-28-47-37-39(50)48-42(45)49-40(37)51)27-54-44(30-16-12-9-13-17-30,31-18-22-33(52-4)23-19-31)32-20-24-34(53-5)25-21-32/h8-25,28,35-36,38,41,46H,26-27H2,1-7H3,(H3,45,48,49,51). The van der Waals surface area contributed by atoms with E-state index in [1.165, 1.54) is 0 Å². The second kappa shape index (κ2) is 16.3. The molecule has 12 nitrogen and oxygen atoms in total. The van der Waals surface area contributed by atoms with Gasteiger partial charge in [-0.25, -0.2) is 4.98 Å². The zero-order valence-electron chi connectivity index (χ0n) is 33.6. The van der Waals surface area contributed by atoms with Gasteiger partial charge in [0, 0.05) is 6.54 Å². The summed E-state index contributed by atoms with van der Waals surface area (Å²) in [5.41, 5.74) is 8.87. The number of methoxy groups -OCH3 is 2. The van der Waals surface area contributed by atoms with E-state index < -0.39 is 37.9 Å². The van der Waals surface area contributed by atoms with Gasteiger partial charge in [0.05, 0.1) is 33.2 Å². The Labute approximate surface area is 334 Å². The maximum absolute atomic E-state index is 13.0. The van der Waals surface area contributed by atoms with E-state index in [9.17, 15) is 4.79 Å². The Morgan fingerprint density at radius 2 is 1.40 bits per heavy atom. The number of nitrogen functional groups attached to an aromatic ring is 1. The second-order valence-electron chi connectivity index (χ2n) is 15.9. The average molecular weight is 789 g/mol. The van der Waals surface area contributed by atoms with E-state index in [4.69, 9.17) is 29.1 Å². The molecule has 4 atom stereocenters. The monoisotopic (exact) mass is 788 g/mol. The van der Waals surface area contributed by atoms with Crippen LogP contribution in [0, 0.1) is 0 Å². The molecule has 4 aromatic carbocycles. The first-order valence-corrected chi connectivity index (χ1v) is 22.1. The highest BCUT2D eigenvalue weighted by molar-refractivity contribution is 6.74. The SMILES string of the molecule is COc1ccc(C(OCC2OC(n3cnc4c(=O)[nH]c(N)nc43)C(O[Si](C)(C)C(C)(C)C)C2NCc2ccccc2)(c2ccccc2)c2ccc(OC)cc2)cc1. The molecule has 6 aromatic rings. The van der Waals surface area contributed by atoms with Crippen LogP contribution in [0.1, 0.15) is 49.3 Å². The number of nitrogens with zero attached hydrogens (tertiary/aromatic N) is 3. The first-order chi connectivity index (χ1) is 27.3. The largest absolute Gasteiger partial charge is 0.497 e. The number of nitrogens with one attached hydrogen (secondary N) is 2. The van der Waals surface area contributed by atoms with E-state index in [0.717, 1.165) is 33.8 Å². The Kier molecular flexibility index (Phi) is 11.4. The van der Waals surface area contributed by atoms with Crippen LogP contribution in [0.3, 0.4) is 0 Å². The van der Waals surface area contributed by atoms with Crippen molar-refractivity contribution in [1.82, 2.24) is 24.8 Å². The van der Waals surface area contributed by atoms with E-state index in [1.54, 1.807) is 25.1 Å². The first-order valence-electron chi connectivity index (χ1n) is 19.2. The topological polar surface area (TPSA) is 148 Å². The lowest BCUT2D eigenvalue weighted by atomic mass is 9.80. The molecule has 1 aliphatic rings. The summed E-state index contributed by atoms with van der Waals surface area (Å²) in [6, 6.07) is 35.9. The molecule has 1 saturated heterocycles. The lowest BCUT2D eigenvalue weighted by Gasteiger charge is -2.41. The van der Waals surface area contributed by atoms with Crippen molar-refractivity contribution in [2.45, 2.75) is 75.5 Å². The number of hydrogen-bond donors (Lipinski definition) is 3. The Bertz CT molecular complexity index is 2260. The zero-order valence-corrected chi connectivity index (χ0v) is 34.6. The van der Waals surface area contributed by atoms with Gasteiger partial charge in [0.15, 0.2) is 25.7 Å². The molecule has 1 aliphatic heterocycles. The molecular weight excluding hydrogens is 737 g/mol. The predicted octanol–water partition coefficient (Wildman–Crippen LogP) is 7.17. The summed E-state index contributed by atoms with van der Waals surface area (Å²) in [5, 5.41) is 3.71. The smallest absolute Gasteiger partial charge is 0.280 e. The molecule has 1 fully saturated rings. The van der Waals surface area contributed by atoms with Crippen LogP contribution in [0.4, 0.5) is 5.95 Å². The fraction of sp³-hybridized carbons (Fsp3) is 0.341. The van der Waals surface area contributed by atoms with Crippen molar-refractivity contribution in [1.29, 1.82) is 0 Å². The van der Waals surface area contributed by atoms with Gasteiger partial charge in [-0.15, -0.1) is 0 Å². The predicted molar refractivity (Wildman–Crippen MR) is 224 cm³/mol. The van der Waals surface area contributed by atoms with E-state index in [2.05, 4.69) is 78.4 Å². The van der Waals surface area contributed by atoms with Gasteiger partial charge in [0.2, 0.25) is 5.95 Å². The highest BCUT2D eigenvalue weighted by atomic mass is 28.4. The molecular formula is C44H52N6O6Si. The van der Waals surface area contributed by atoms with Gasteiger partial charge in [-0.05, 0) is 64.7 Å². The lowest BCUT2D eigenvalue weighted by Crippen LogP contribution is -2.53. The number of ether oxygens (including phenoxy) is 4. The average Bonchev–Trinajstić information content (AvgIpc) is 3.78. The van der Waals surface area contributed by atoms with E-state index in [0.29, 0.717) is 12.2 Å². The maximum Gasteiger partial charge on any atom is 0.280 e. The van der Waals surface area contributed by atoms with Crippen LogP contribution in [-0.2, 0) is 26.0 Å². The number of imidazole rings is 1. The molecule has 0 aliphatic carbocycles. The summed E-state index contributed by atoms with van der Waals surface area (Å²) < 4.78 is 34.8. The van der Waals surface area contributed by atoms with Crippen LogP contribution in [0.25, 0.3) is 11.2 Å². The van der Waals surface area contributed by atoms with Gasteiger partial charge in [-0.2, -0.15) is 4.98 Å². The van der Waals surface area contributed by atoms with Crippen LogP contribution >= 0.6 is 0 Å². The number of aromatic amines is 1. The number of fused-ring (bicyclic) bond motifs is 1. The minimum Gasteiger partial charge on any atom is -0.497 e. The molecule has 0 amide bonds. The summed E-state index contributed by atoms with van der Waals surface area (Å²) in [5.74, 6) is 1.45. The third-order valence-electron chi connectivity index (χ3n) is 11.3. The molecule has 0 radical (unpaired) electrons. The second-order valence-corrected chi connectivity index (χ2v) is 20.6. The highest BCUT2D eigenvalue weighted by Gasteiger charge is 2.52. The summed E-state index contributed by atoms with van der Waals surface area (Å²) in [4.78, 5) is 24.5. The van der Waals surface area contributed by atoms with Gasteiger partial charge in [-0.3, -0.25) is 14.3 Å². The molecule has 3 heterocycles. The van der Waals surface area contributed by atoms with Crippen molar-refractivity contribution in [2.24, 2.45) is 0 Å². The molecule has 2 aromatic heterocycles. The number of rotatable bonds is 14. The molecule has 4 unspecified atom stereocenters. The fourth-order valence-electron chi connectivity index (χ4n) is 7.24. The van der Waals surface area contributed by atoms with Crippen molar-refractivity contribution < 1.29 is 23.4 Å². The lowest BCUT2D eigenvalue weighted by molar-refractivity contribution is -0.0859. The van der Waals surface area contributed by atoms with Crippen LogP contribution in [-0.4, -0.2) is 66.9 Å². The Morgan fingerprint density at radius 1 is 0.842 bits per heavy atom. The van der Waals surface area contributed by atoms with Gasteiger partial charge in [0.1, 0.15) is 29.3 Å². The molecule has 13 heteroatoms. The molecule has 7 rings (SSSR count). The zero-order chi connectivity index (χ0) is 40.4. The van der Waals surface area contributed by atoms with Gasteiger partial charge in [-0.1, -0.05) is 106 Å². The van der Waals surface area contributed by atoms with Crippen LogP contribution in [0.15, 0.2) is 120 Å². The first kappa shape index (κ1) is 39.9. The summed E-state index contributed by atoms with van der Waals surface area (Å²) in [7, 11) is 0.849. The number of anilines is 1. The van der Waals surface area contributed by atoms with E-state index in [-0.39, 0.29) is 29.2 Å². The quantitative estimate of drug-likeness (QED) is 0.0767. The Balaban J connectivity index is 1.37. The third-order valence-corrected chi connectivity index (χ3v) is 15.8. The summed E-state index contributed by atoms with van der Waals surface area (Å²) >= 11 is 0. The Morgan fingerprint density at radius 3 is 1.96 bits per heavy atom. The maximum atomic E-state index is 13.0. The van der Waals surface area contributed by atoms with Crippen molar-refractivity contribution in [2.75, 3.05) is 26.6 Å². The molecule has 4 N–H and O–H groups in total. The number of hydrogen-bond acceptors (Lipinski definition) is 10. The number of nitrogens with two attached hydrogens (primary N) is 1. The number of aromatic nitrogens is 4. The molecule has 298 valence electrons.